The van der Waals surface area contributed by atoms with E-state index in [2.05, 4.69) is 25.8 Å². The van der Waals surface area contributed by atoms with Crippen molar-refractivity contribution in [3.8, 4) is 28.2 Å². The first-order valence-electron chi connectivity index (χ1n) is 14.2. The summed E-state index contributed by atoms with van der Waals surface area (Å²) < 4.78 is 8.09. The van der Waals surface area contributed by atoms with E-state index in [1.807, 2.05) is 78.9 Å². The first-order chi connectivity index (χ1) is 21.9. The molecule has 2 amide bonds. The fourth-order valence-corrected chi connectivity index (χ4v) is 5.77. The van der Waals surface area contributed by atoms with E-state index < -0.39 is 17.8 Å². The highest BCUT2D eigenvalue weighted by Crippen LogP contribution is 2.38. The zero-order valence-corrected chi connectivity index (χ0v) is 26.5. The molecule has 0 unspecified atom stereocenters. The predicted molar refractivity (Wildman–Crippen MR) is 183 cm³/mol. The first kappa shape index (κ1) is 29.9. The van der Waals surface area contributed by atoms with Gasteiger partial charge < -0.3 is 9.30 Å². The summed E-state index contributed by atoms with van der Waals surface area (Å²) in [6.45, 7) is 2.05. The Morgan fingerprint density at radius 3 is 2.07 bits per heavy atom. The molecule has 9 heteroatoms. The van der Waals surface area contributed by atoms with Crippen LogP contribution in [0.25, 0.3) is 34.3 Å². The number of amides is 2. The molecule has 45 heavy (non-hydrogen) atoms. The number of rotatable bonds is 7. The molecule has 2 heterocycles. The van der Waals surface area contributed by atoms with Gasteiger partial charge in [-0.15, -0.1) is 0 Å². The molecule has 0 atom stereocenters. The van der Waals surface area contributed by atoms with E-state index >= 15 is 0 Å². The summed E-state index contributed by atoms with van der Waals surface area (Å²) in [5, 5.41) is 2.69. The predicted octanol–water partition coefficient (Wildman–Crippen LogP) is 7.58. The maximum absolute atomic E-state index is 13.9. The van der Waals surface area contributed by atoms with Crippen LogP contribution in [-0.2, 0) is 14.3 Å². The minimum Gasteiger partial charge on any atom is -0.462 e. The fourth-order valence-electron chi connectivity index (χ4n) is 5.22. The van der Waals surface area contributed by atoms with Gasteiger partial charge in [-0.05, 0) is 90.9 Å². The molecule has 222 valence electrons. The van der Waals surface area contributed by atoms with Crippen molar-refractivity contribution in [1.29, 1.82) is 0 Å². The molecule has 4 aromatic carbocycles. The van der Waals surface area contributed by atoms with Crippen molar-refractivity contribution in [2.75, 3.05) is 11.5 Å². The summed E-state index contributed by atoms with van der Waals surface area (Å²) in [4.78, 5) is 41.0. The average molecular weight is 677 g/mol. The summed E-state index contributed by atoms with van der Waals surface area (Å²) in [5.41, 5.74) is 5.72. The van der Waals surface area contributed by atoms with Crippen LogP contribution in [0.2, 0.25) is 0 Å². The molecule has 0 bridgehead atoms. The van der Waals surface area contributed by atoms with Gasteiger partial charge in [0.05, 0.1) is 29.2 Å². The normalized spacial score (nSPS) is 14.0. The molecule has 1 aromatic heterocycles. The second-order valence-electron chi connectivity index (χ2n) is 10.1. The van der Waals surface area contributed by atoms with E-state index in [9.17, 15) is 14.4 Å². The Labute approximate surface area is 273 Å². The highest BCUT2D eigenvalue weighted by Gasteiger charge is 2.35. The largest absolute Gasteiger partial charge is 0.462 e. The van der Waals surface area contributed by atoms with Gasteiger partial charge in [0.15, 0.2) is 5.11 Å². The van der Waals surface area contributed by atoms with Gasteiger partial charge in [0, 0.05) is 15.7 Å². The quantitative estimate of drug-likeness (QED) is 0.0833. The van der Waals surface area contributed by atoms with Crippen LogP contribution < -0.4 is 10.2 Å². The standard InChI is InChI=1S/C36H26BrN3O4S/c1-2-44-35(43)25-13-17-28(18-14-25)39-31(23-9-5-3-6-10-23)22-26(32(39)24-11-7-4-8-12-24)21-30-33(41)38-36(45)40(34(30)42)29-19-15-27(37)16-20-29/h3-22H,2H2,1H3,(H,38,41,45)/b30-21-. The monoisotopic (exact) mass is 675 g/mol. The number of thiocarbonyl (C=S) groups is 1. The van der Waals surface area contributed by atoms with Crippen molar-refractivity contribution in [1.82, 2.24) is 9.88 Å². The highest BCUT2D eigenvalue weighted by atomic mass is 79.9. The van der Waals surface area contributed by atoms with Crippen molar-refractivity contribution in [3.63, 3.8) is 0 Å². The number of nitrogens with one attached hydrogen (secondary N) is 1. The highest BCUT2D eigenvalue weighted by molar-refractivity contribution is 9.10. The molecular weight excluding hydrogens is 650 g/mol. The molecule has 5 aromatic rings. The van der Waals surface area contributed by atoms with Crippen LogP contribution in [0.3, 0.4) is 0 Å². The van der Waals surface area contributed by atoms with Crippen LogP contribution in [-0.4, -0.2) is 34.1 Å². The number of anilines is 1. The Hall–Kier alpha value is -5.12. The zero-order valence-electron chi connectivity index (χ0n) is 24.1. The van der Waals surface area contributed by atoms with Crippen LogP contribution >= 0.6 is 28.1 Å². The number of hydrogen-bond donors (Lipinski definition) is 1. The van der Waals surface area contributed by atoms with Gasteiger partial charge in [0.2, 0.25) is 0 Å². The maximum atomic E-state index is 13.9. The summed E-state index contributed by atoms with van der Waals surface area (Å²) in [6, 6.07) is 35.8. The Bertz CT molecular complexity index is 1950. The molecule has 1 aliphatic rings. The Kier molecular flexibility index (Phi) is 8.55. The number of nitrogens with zero attached hydrogens (tertiary/aromatic N) is 2. The maximum Gasteiger partial charge on any atom is 0.338 e. The van der Waals surface area contributed by atoms with E-state index in [1.54, 1.807) is 49.4 Å². The van der Waals surface area contributed by atoms with Crippen LogP contribution in [0.15, 0.2) is 125 Å². The van der Waals surface area contributed by atoms with Crippen molar-refractivity contribution in [3.05, 3.63) is 136 Å². The van der Waals surface area contributed by atoms with E-state index in [0.717, 1.165) is 32.7 Å². The molecule has 0 spiro atoms. The number of halogens is 1. The van der Waals surface area contributed by atoms with Crippen molar-refractivity contribution in [2.45, 2.75) is 6.92 Å². The Morgan fingerprint density at radius 1 is 0.844 bits per heavy atom. The Morgan fingerprint density at radius 2 is 1.44 bits per heavy atom. The summed E-state index contributed by atoms with van der Waals surface area (Å²) >= 11 is 8.83. The third-order valence-corrected chi connectivity index (χ3v) is 8.08. The van der Waals surface area contributed by atoms with Gasteiger partial charge in [-0.1, -0.05) is 76.6 Å². The van der Waals surface area contributed by atoms with Crippen molar-refractivity contribution < 1.29 is 19.1 Å². The molecule has 1 fully saturated rings. The summed E-state index contributed by atoms with van der Waals surface area (Å²) in [7, 11) is 0. The summed E-state index contributed by atoms with van der Waals surface area (Å²) in [6.07, 6.45) is 1.61. The topological polar surface area (TPSA) is 80.6 Å². The number of carbonyl (C=O) groups is 3. The minimum atomic E-state index is -0.579. The van der Waals surface area contributed by atoms with Crippen LogP contribution in [0.5, 0.6) is 0 Å². The first-order valence-corrected chi connectivity index (χ1v) is 15.4. The molecule has 0 aliphatic carbocycles. The number of esters is 1. The molecule has 1 N–H and O–H groups in total. The van der Waals surface area contributed by atoms with Crippen LogP contribution in [0.4, 0.5) is 5.69 Å². The smallest absolute Gasteiger partial charge is 0.338 e. The second-order valence-corrected chi connectivity index (χ2v) is 11.4. The summed E-state index contributed by atoms with van der Waals surface area (Å²) in [5.74, 6) is -1.51. The Balaban J connectivity index is 1.57. The molecule has 1 saturated heterocycles. The van der Waals surface area contributed by atoms with Gasteiger partial charge in [0.25, 0.3) is 11.8 Å². The van der Waals surface area contributed by atoms with E-state index in [0.29, 0.717) is 16.8 Å². The van der Waals surface area contributed by atoms with Crippen LogP contribution in [0.1, 0.15) is 22.8 Å². The van der Waals surface area contributed by atoms with E-state index in [-0.39, 0.29) is 17.3 Å². The molecule has 0 radical (unpaired) electrons. The van der Waals surface area contributed by atoms with Gasteiger partial charge in [-0.3, -0.25) is 19.8 Å². The lowest BCUT2D eigenvalue weighted by Gasteiger charge is -2.29. The van der Waals surface area contributed by atoms with Crippen LogP contribution in [0, 0.1) is 0 Å². The fraction of sp³-hybridized carbons (Fsp3) is 0.0556. The molecule has 6 rings (SSSR count). The minimum absolute atomic E-state index is 0.0111. The van der Waals surface area contributed by atoms with E-state index in [4.69, 9.17) is 17.0 Å². The molecule has 0 saturated carbocycles. The van der Waals surface area contributed by atoms with Crippen molar-refractivity contribution >= 4 is 62.8 Å². The number of carbonyl (C=O) groups excluding carboxylic acids is 3. The average Bonchev–Trinajstić information content (AvgIpc) is 3.44. The number of ether oxygens (including phenoxy) is 1. The molecule has 1 aliphatic heterocycles. The zero-order chi connectivity index (χ0) is 31.5. The lowest BCUT2D eigenvalue weighted by atomic mass is 10.0. The molecule has 7 nitrogen and oxygen atoms in total. The third kappa shape index (κ3) is 6.00. The lowest BCUT2D eigenvalue weighted by Crippen LogP contribution is -2.54. The second kappa shape index (κ2) is 12.9. The lowest BCUT2D eigenvalue weighted by molar-refractivity contribution is -0.122. The number of benzene rings is 4. The number of hydrogen-bond acceptors (Lipinski definition) is 5. The SMILES string of the molecule is CCOC(=O)c1ccc(-n2c(-c3ccccc3)cc(/C=C3/C(=O)NC(=S)N(c4ccc(Br)cc4)C3=O)c2-c2ccccc2)cc1. The number of aromatic nitrogens is 1. The third-order valence-electron chi connectivity index (χ3n) is 7.27. The van der Waals surface area contributed by atoms with E-state index in [1.165, 1.54) is 4.90 Å². The van der Waals surface area contributed by atoms with Crippen molar-refractivity contribution in [2.24, 2.45) is 0 Å². The van der Waals surface area contributed by atoms with Gasteiger partial charge in [-0.2, -0.15) is 0 Å². The van der Waals surface area contributed by atoms with Gasteiger partial charge in [-0.25, -0.2) is 4.79 Å². The van der Waals surface area contributed by atoms with Gasteiger partial charge >= 0.3 is 5.97 Å². The van der Waals surface area contributed by atoms with Gasteiger partial charge in [0.1, 0.15) is 5.57 Å². The molecular formula is C36H26BrN3O4S.